The van der Waals surface area contributed by atoms with E-state index in [4.69, 9.17) is 10.5 Å². The number of nitrogens with two attached hydrogens (primary N) is 1. The molecule has 2 rings (SSSR count). The van der Waals surface area contributed by atoms with Crippen molar-refractivity contribution in [1.29, 1.82) is 0 Å². The zero-order valence-electron chi connectivity index (χ0n) is 10.6. The van der Waals surface area contributed by atoms with Gasteiger partial charge in [-0.3, -0.25) is 14.3 Å². The highest BCUT2D eigenvalue weighted by atomic mass is 16.5. The summed E-state index contributed by atoms with van der Waals surface area (Å²) in [5, 5.41) is 2.54. The number of aromatic amines is 1. The molecule has 0 radical (unpaired) electrons. The van der Waals surface area contributed by atoms with E-state index < -0.39 is 16.9 Å². The lowest BCUT2D eigenvalue weighted by atomic mass is 10.2. The third-order valence-corrected chi connectivity index (χ3v) is 2.81. The normalized spacial score (nSPS) is 10.2. The number of H-pyrrole nitrogens is 1. The highest BCUT2D eigenvalue weighted by Gasteiger charge is 2.13. The van der Waals surface area contributed by atoms with Crippen LogP contribution in [0.1, 0.15) is 5.56 Å². The second kappa shape index (κ2) is 5.39. The zero-order chi connectivity index (χ0) is 14.7. The molecule has 0 unspecified atom stereocenters. The van der Waals surface area contributed by atoms with Crippen LogP contribution in [0.3, 0.4) is 0 Å². The molecule has 0 aliphatic carbocycles. The van der Waals surface area contributed by atoms with Crippen LogP contribution in [-0.4, -0.2) is 16.7 Å². The lowest BCUT2D eigenvalue weighted by Gasteiger charge is -2.10. The molecule has 2 aromatic rings. The van der Waals surface area contributed by atoms with Gasteiger partial charge in [-0.1, -0.05) is 12.1 Å². The topological polar surface area (TPSA) is 120 Å². The van der Waals surface area contributed by atoms with Gasteiger partial charge >= 0.3 is 5.69 Å². The van der Waals surface area contributed by atoms with Crippen LogP contribution in [0.15, 0.2) is 39.0 Å². The second-order valence-electron chi connectivity index (χ2n) is 4.02. The van der Waals surface area contributed by atoms with Crippen molar-refractivity contribution in [3.63, 3.8) is 0 Å². The zero-order valence-corrected chi connectivity index (χ0v) is 10.6. The molecule has 20 heavy (non-hydrogen) atoms. The molecule has 8 heteroatoms. The largest absolute Gasteiger partial charge is 0.497 e. The number of benzene rings is 1. The van der Waals surface area contributed by atoms with Gasteiger partial charge in [0.25, 0.3) is 5.56 Å². The number of hydrogen-bond acceptors (Lipinski definition) is 6. The molecule has 8 nitrogen and oxygen atoms in total. The van der Waals surface area contributed by atoms with E-state index in [0.29, 0.717) is 5.75 Å². The maximum absolute atomic E-state index is 11.7. The van der Waals surface area contributed by atoms with Crippen molar-refractivity contribution < 1.29 is 4.74 Å². The van der Waals surface area contributed by atoms with Crippen molar-refractivity contribution in [2.45, 2.75) is 6.54 Å². The quantitative estimate of drug-likeness (QED) is 0.791. The number of aromatic nitrogens is 2. The number of nitrogens with zero attached hydrogens (tertiary/aromatic N) is 2. The van der Waals surface area contributed by atoms with Gasteiger partial charge in [0.1, 0.15) is 11.6 Å². The van der Waals surface area contributed by atoms with Crippen LogP contribution in [0.5, 0.6) is 5.75 Å². The van der Waals surface area contributed by atoms with Gasteiger partial charge in [-0.15, -0.1) is 4.91 Å². The number of ether oxygens (including phenoxy) is 1. The highest BCUT2D eigenvalue weighted by molar-refractivity contribution is 5.55. The molecule has 0 aliphatic rings. The van der Waals surface area contributed by atoms with Gasteiger partial charge in [0.2, 0.25) is 5.69 Å². The molecule has 0 spiro atoms. The van der Waals surface area contributed by atoms with Gasteiger partial charge in [0.15, 0.2) is 0 Å². The maximum atomic E-state index is 11.7. The molecular formula is C12H12N4O4. The van der Waals surface area contributed by atoms with Crippen LogP contribution in [0.25, 0.3) is 0 Å². The molecule has 1 heterocycles. The number of nitrogens with one attached hydrogen (secondary N) is 1. The van der Waals surface area contributed by atoms with Crippen LogP contribution in [0, 0.1) is 4.91 Å². The van der Waals surface area contributed by atoms with Gasteiger partial charge in [-0.25, -0.2) is 4.79 Å². The standard InChI is InChI=1S/C12H12N4O4/c1-20-8-4-2-7(3-5-8)6-16-10(13)9(15-19)11(17)14-12(16)18/h2-5H,6,13H2,1H3,(H,14,17,18). The van der Waals surface area contributed by atoms with Gasteiger partial charge < -0.3 is 10.5 Å². The fraction of sp³-hybridized carbons (Fsp3) is 0.167. The van der Waals surface area contributed by atoms with Crippen LogP contribution in [0.2, 0.25) is 0 Å². The van der Waals surface area contributed by atoms with Gasteiger partial charge in [0, 0.05) is 0 Å². The predicted molar refractivity (Wildman–Crippen MR) is 73.3 cm³/mol. The molecule has 0 fully saturated rings. The van der Waals surface area contributed by atoms with E-state index in [1.165, 1.54) is 0 Å². The van der Waals surface area contributed by atoms with Crippen LogP contribution in [-0.2, 0) is 6.54 Å². The van der Waals surface area contributed by atoms with Gasteiger partial charge in [-0.2, -0.15) is 0 Å². The first kappa shape index (κ1) is 13.5. The molecule has 0 bridgehead atoms. The van der Waals surface area contributed by atoms with Gasteiger partial charge in [-0.05, 0) is 22.9 Å². The van der Waals surface area contributed by atoms with Crippen LogP contribution in [0.4, 0.5) is 11.5 Å². The Balaban J connectivity index is 2.45. The summed E-state index contributed by atoms with van der Waals surface area (Å²) in [7, 11) is 1.54. The molecular weight excluding hydrogens is 264 g/mol. The van der Waals surface area contributed by atoms with E-state index in [1.807, 2.05) is 4.98 Å². The average molecular weight is 276 g/mol. The predicted octanol–water partition coefficient (Wildman–Crippen LogP) is 0.574. The van der Waals surface area contributed by atoms with Crippen molar-refractivity contribution in [3.8, 4) is 5.75 Å². The molecule has 0 amide bonds. The van der Waals surface area contributed by atoms with E-state index in [1.54, 1.807) is 31.4 Å². The van der Waals surface area contributed by atoms with Crippen LogP contribution < -0.4 is 21.7 Å². The Kier molecular flexibility index (Phi) is 3.65. The molecule has 104 valence electrons. The minimum absolute atomic E-state index is 0.105. The number of anilines is 1. The van der Waals surface area contributed by atoms with Crippen molar-refractivity contribution in [1.82, 2.24) is 9.55 Å². The number of nitroso groups, excluding NO2 is 1. The van der Waals surface area contributed by atoms with E-state index in [2.05, 4.69) is 5.18 Å². The summed E-state index contributed by atoms with van der Waals surface area (Å²) >= 11 is 0. The Bertz CT molecular complexity index is 746. The third-order valence-electron chi connectivity index (χ3n) is 2.81. The number of rotatable bonds is 4. The SMILES string of the molecule is COc1ccc(Cn2c(N)c(N=O)c(=O)[nH]c2=O)cc1. The first-order chi connectivity index (χ1) is 9.56. The minimum Gasteiger partial charge on any atom is -0.497 e. The lowest BCUT2D eigenvalue weighted by Crippen LogP contribution is -2.32. The molecule has 0 saturated carbocycles. The van der Waals surface area contributed by atoms with Crippen molar-refractivity contribution in [2.75, 3.05) is 12.8 Å². The highest BCUT2D eigenvalue weighted by Crippen LogP contribution is 2.16. The van der Waals surface area contributed by atoms with Crippen molar-refractivity contribution in [2.24, 2.45) is 5.18 Å². The fourth-order valence-corrected chi connectivity index (χ4v) is 1.74. The molecule has 1 aromatic heterocycles. The van der Waals surface area contributed by atoms with E-state index >= 15 is 0 Å². The summed E-state index contributed by atoms with van der Waals surface area (Å²) in [5.41, 5.74) is 4.28. The lowest BCUT2D eigenvalue weighted by molar-refractivity contribution is 0.414. The first-order valence-corrected chi connectivity index (χ1v) is 5.65. The maximum Gasteiger partial charge on any atom is 0.330 e. The monoisotopic (exact) mass is 276 g/mol. The molecule has 1 aromatic carbocycles. The summed E-state index contributed by atoms with van der Waals surface area (Å²) in [4.78, 5) is 35.6. The van der Waals surface area contributed by atoms with Crippen LogP contribution >= 0.6 is 0 Å². The Labute approximate surface area is 112 Å². The number of methoxy groups -OCH3 is 1. The first-order valence-electron chi connectivity index (χ1n) is 5.65. The van der Waals surface area contributed by atoms with E-state index in [-0.39, 0.29) is 12.4 Å². The summed E-state index contributed by atoms with van der Waals surface area (Å²) in [5.74, 6) is 0.412. The summed E-state index contributed by atoms with van der Waals surface area (Å²) < 4.78 is 6.09. The molecule has 3 N–H and O–H groups in total. The smallest absolute Gasteiger partial charge is 0.330 e. The van der Waals surface area contributed by atoms with Crippen molar-refractivity contribution in [3.05, 3.63) is 55.6 Å². The summed E-state index contributed by atoms with van der Waals surface area (Å²) in [6.07, 6.45) is 0. The number of hydrogen-bond donors (Lipinski definition) is 2. The second-order valence-corrected chi connectivity index (χ2v) is 4.02. The van der Waals surface area contributed by atoms with E-state index in [9.17, 15) is 14.5 Å². The average Bonchev–Trinajstić information content (AvgIpc) is 2.44. The summed E-state index contributed by atoms with van der Waals surface area (Å²) in [6.45, 7) is 0.105. The fourth-order valence-electron chi connectivity index (χ4n) is 1.74. The van der Waals surface area contributed by atoms with Gasteiger partial charge in [0.05, 0.1) is 13.7 Å². The summed E-state index contributed by atoms with van der Waals surface area (Å²) in [6, 6.07) is 6.93. The molecule has 0 saturated heterocycles. The molecule has 0 aliphatic heterocycles. The Morgan fingerprint density at radius 1 is 1.30 bits per heavy atom. The van der Waals surface area contributed by atoms with E-state index in [0.717, 1.165) is 10.1 Å². The third kappa shape index (κ3) is 2.44. The molecule has 0 atom stereocenters. The van der Waals surface area contributed by atoms with Crippen molar-refractivity contribution >= 4 is 11.5 Å². The Morgan fingerprint density at radius 3 is 2.50 bits per heavy atom. The minimum atomic E-state index is -0.895. The Hall–Kier alpha value is -2.90. The number of nitrogen functional groups attached to an aromatic ring is 1. The Morgan fingerprint density at radius 2 is 1.95 bits per heavy atom.